The fourth-order valence-electron chi connectivity index (χ4n) is 4.32. The second kappa shape index (κ2) is 7.71. The minimum atomic E-state index is -0.506. The van der Waals surface area contributed by atoms with Gasteiger partial charge in [0, 0.05) is 50.8 Å². The third-order valence-electron chi connectivity index (χ3n) is 5.76. The number of hydrogen-bond donors (Lipinski definition) is 1. The number of carbonyl (C=O) groups excluding carboxylic acids is 1. The van der Waals surface area contributed by atoms with Crippen molar-refractivity contribution in [2.75, 3.05) is 38.2 Å². The third-order valence-corrected chi connectivity index (χ3v) is 5.76. The van der Waals surface area contributed by atoms with Crippen LogP contribution in [-0.2, 0) is 0 Å². The summed E-state index contributed by atoms with van der Waals surface area (Å²) in [6.07, 6.45) is 6.90. The zero-order valence-electron chi connectivity index (χ0n) is 16.0. The number of aliphatic hydroxyl groups is 1. The molecule has 1 atom stereocenters. The van der Waals surface area contributed by atoms with E-state index >= 15 is 0 Å². The van der Waals surface area contributed by atoms with Gasteiger partial charge in [-0.25, -0.2) is 4.98 Å². The number of ether oxygens (including phenoxy) is 1. The van der Waals surface area contributed by atoms with Crippen molar-refractivity contribution in [2.24, 2.45) is 5.41 Å². The van der Waals surface area contributed by atoms with Crippen molar-refractivity contribution >= 4 is 11.9 Å². The minimum absolute atomic E-state index is 0.0650. The first kappa shape index (κ1) is 18.6. The standard InChI is InChI=1S/C20H25N5O3/c1-28-17-4-8-22-19(23-17)24-9-5-20(6-10-24)11-16(26)13-25(14-20)18(27)15-3-2-7-21-12-15/h2-4,7-8,12,16,26H,5-6,9-11,13-14H2,1H3. The normalized spacial score (nSPS) is 21.6. The number of amides is 1. The third kappa shape index (κ3) is 3.77. The lowest BCUT2D eigenvalue weighted by Crippen LogP contribution is -2.55. The summed E-state index contributed by atoms with van der Waals surface area (Å²) in [5, 5.41) is 10.5. The molecular formula is C20H25N5O3. The number of likely N-dealkylation sites (tertiary alicyclic amines) is 1. The first-order valence-electron chi connectivity index (χ1n) is 9.58. The van der Waals surface area contributed by atoms with Crippen LogP contribution in [-0.4, -0.2) is 70.3 Å². The lowest BCUT2D eigenvalue weighted by atomic mass is 9.71. The zero-order valence-corrected chi connectivity index (χ0v) is 16.0. The summed E-state index contributed by atoms with van der Waals surface area (Å²) < 4.78 is 5.19. The highest BCUT2D eigenvalue weighted by atomic mass is 16.5. The molecule has 1 spiro atoms. The molecule has 0 bridgehead atoms. The molecule has 2 saturated heterocycles. The largest absolute Gasteiger partial charge is 0.481 e. The molecular weight excluding hydrogens is 358 g/mol. The molecule has 4 heterocycles. The van der Waals surface area contributed by atoms with Gasteiger partial charge in [-0.05, 0) is 36.8 Å². The van der Waals surface area contributed by atoms with Gasteiger partial charge < -0.3 is 19.6 Å². The predicted molar refractivity (Wildman–Crippen MR) is 103 cm³/mol. The van der Waals surface area contributed by atoms with Gasteiger partial charge in [0.15, 0.2) is 0 Å². The molecule has 1 amide bonds. The van der Waals surface area contributed by atoms with Gasteiger partial charge in [0.2, 0.25) is 11.8 Å². The second-order valence-electron chi connectivity index (χ2n) is 7.67. The van der Waals surface area contributed by atoms with E-state index in [1.807, 2.05) is 0 Å². The maximum Gasteiger partial charge on any atom is 0.255 e. The summed E-state index contributed by atoms with van der Waals surface area (Å²) in [5.41, 5.74) is 0.485. The van der Waals surface area contributed by atoms with Crippen LogP contribution in [0.1, 0.15) is 29.6 Å². The summed E-state index contributed by atoms with van der Waals surface area (Å²) in [6.45, 7) is 2.60. The monoisotopic (exact) mass is 383 g/mol. The molecule has 1 N–H and O–H groups in total. The molecule has 2 aromatic heterocycles. The predicted octanol–water partition coefficient (Wildman–Crippen LogP) is 1.37. The van der Waals surface area contributed by atoms with E-state index in [0.29, 0.717) is 30.5 Å². The Bertz CT molecular complexity index is 824. The molecule has 0 aliphatic carbocycles. The number of methoxy groups -OCH3 is 1. The fraction of sp³-hybridized carbons (Fsp3) is 0.500. The Hall–Kier alpha value is -2.74. The van der Waals surface area contributed by atoms with Gasteiger partial charge in [0.1, 0.15) is 0 Å². The Kier molecular flexibility index (Phi) is 5.13. The maximum absolute atomic E-state index is 12.9. The SMILES string of the molecule is COc1ccnc(N2CCC3(CC2)CC(O)CN(C(=O)c2cccnc2)C3)n1. The number of rotatable bonds is 3. The molecule has 0 saturated carbocycles. The van der Waals surface area contributed by atoms with Crippen LogP contribution >= 0.6 is 0 Å². The quantitative estimate of drug-likeness (QED) is 0.856. The molecule has 8 nitrogen and oxygen atoms in total. The van der Waals surface area contributed by atoms with E-state index in [0.717, 1.165) is 32.4 Å². The molecule has 28 heavy (non-hydrogen) atoms. The second-order valence-corrected chi connectivity index (χ2v) is 7.67. The lowest BCUT2D eigenvalue weighted by molar-refractivity contribution is -0.0151. The van der Waals surface area contributed by atoms with E-state index in [-0.39, 0.29) is 11.3 Å². The van der Waals surface area contributed by atoms with Crippen LogP contribution in [0.2, 0.25) is 0 Å². The number of carbonyl (C=O) groups is 1. The van der Waals surface area contributed by atoms with Crippen molar-refractivity contribution in [1.82, 2.24) is 19.9 Å². The minimum Gasteiger partial charge on any atom is -0.481 e. The van der Waals surface area contributed by atoms with Crippen LogP contribution in [0.4, 0.5) is 5.95 Å². The molecule has 8 heteroatoms. The summed E-state index contributed by atoms with van der Waals surface area (Å²) in [6, 6.07) is 5.26. The summed E-state index contributed by atoms with van der Waals surface area (Å²) in [4.78, 5) is 29.6. The molecule has 1 unspecified atom stereocenters. The molecule has 2 aromatic rings. The number of β-amino-alcohol motifs (C(OH)–C–C–N with tert-alkyl or cyclic N) is 1. The lowest BCUT2D eigenvalue weighted by Gasteiger charge is -2.49. The Balaban J connectivity index is 1.45. The number of aromatic nitrogens is 3. The van der Waals surface area contributed by atoms with Gasteiger partial charge in [-0.3, -0.25) is 9.78 Å². The topological polar surface area (TPSA) is 91.7 Å². The average Bonchev–Trinajstić information content (AvgIpc) is 2.74. The van der Waals surface area contributed by atoms with Crippen LogP contribution in [0.15, 0.2) is 36.8 Å². The van der Waals surface area contributed by atoms with Crippen molar-refractivity contribution in [3.8, 4) is 5.88 Å². The first-order chi connectivity index (χ1) is 13.6. The number of piperidine rings is 2. The summed E-state index contributed by atoms with van der Waals surface area (Å²) in [7, 11) is 1.59. The number of nitrogens with zero attached hydrogens (tertiary/aromatic N) is 5. The number of anilines is 1. The van der Waals surface area contributed by atoms with Crippen molar-refractivity contribution in [1.29, 1.82) is 0 Å². The number of aliphatic hydroxyl groups excluding tert-OH is 1. The van der Waals surface area contributed by atoms with Crippen molar-refractivity contribution in [3.63, 3.8) is 0 Å². The fourth-order valence-corrected chi connectivity index (χ4v) is 4.32. The van der Waals surface area contributed by atoms with E-state index in [4.69, 9.17) is 4.74 Å². The molecule has 2 fully saturated rings. The van der Waals surface area contributed by atoms with E-state index in [9.17, 15) is 9.90 Å². The van der Waals surface area contributed by atoms with Gasteiger partial charge in [0.25, 0.3) is 5.91 Å². The van der Waals surface area contributed by atoms with E-state index in [2.05, 4.69) is 19.9 Å². The van der Waals surface area contributed by atoms with Crippen LogP contribution < -0.4 is 9.64 Å². The van der Waals surface area contributed by atoms with E-state index < -0.39 is 6.10 Å². The summed E-state index contributed by atoms with van der Waals surface area (Å²) >= 11 is 0. The van der Waals surface area contributed by atoms with E-state index in [1.54, 1.807) is 48.8 Å². The highest BCUT2D eigenvalue weighted by molar-refractivity contribution is 5.94. The highest BCUT2D eigenvalue weighted by Gasteiger charge is 2.43. The molecule has 0 radical (unpaired) electrons. The van der Waals surface area contributed by atoms with Crippen LogP contribution in [0.5, 0.6) is 5.88 Å². The zero-order chi connectivity index (χ0) is 19.6. The molecule has 2 aliphatic rings. The number of hydrogen-bond acceptors (Lipinski definition) is 7. The highest BCUT2D eigenvalue weighted by Crippen LogP contribution is 2.41. The molecule has 4 rings (SSSR count). The number of pyridine rings is 1. The van der Waals surface area contributed by atoms with Crippen LogP contribution in [0.25, 0.3) is 0 Å². The Morgan fingerprint density at radius 1 is 1.29 bits per heavy atom. The average molecular weight is 383 g/mol. The first-order valence-corrected chi connectivity index (χ1v) is 9.58. The van der Waals surface area contributed by atoms with Crippen molar-refractivity contribution in [3.05, 3.63) is 42.4 Å². The van der Waals surface area contributed by atoms with Gasteiger partial charge >= 0.3 is 0 Å². The Morgan fingerprint density at radius 3 is 2.82 bits per heavy atom. The Labute approximate surface area is 164 Å². The molecule has 2 aliphatic heterocycles. The maximum atomic E-state index is 12.9. The smallest absolute Gasteiger partial charge is 0.255 e. The molecule has 0 aromatic carbocycles. The van der Waals surface area contributed by atoms with Crippen LogP contribution in [0, 0.1) is 5.41 Å². The van der Waals surface area contributed by atoms with Gasteiger partial charge in [0.05, 0.1) is 18.8 Å². The van der Waals surface area contributed by atoms with Gasteiger partial charge in [-0.15, -0.1) is 0 Å². The summed E-state index contributed by atoms with van der Waals surface area (Å²) in [5.74, 6) is 1.14. The molecule has 148 valence electrons. The van der Waals surface area contributed by atoms with Crippen molar-refractivity contribution in [2.45, 2.75) is 25.4 Å². The van der Waals surface area contributed by atoms with Crippen molar-refractivity contribution < 1.29 is 14.6 Å². The van der Waals surface area contributed by atoms with Gasteiger partial charge in [-0.1, -0.05) is 0 Å². The Morgan fingerprint density at radius 2 is 2.11 bits per heavy atom. The van der Waals surface area contributed by atoms with Crippen LogP contribution in [0.3, 0.4) is 0 Å². The van der Waals surface area contributed by atoms with Gasteiger partial charge in [-0.2, -0.15) is 4.98 Å². The van der Waals surface area contributed by atoms with E-state index in [1.165, 1.54) is 0 Å².